The van der Waals surface area contributed by atoms with Crippen LogP contribution in [0.2, 0.25) is 0 Å². The number of amides is 1. The highest BCUT2D eigenvalue weighted by atomic mass is 16.5. The molecule has 1 saturated heterocycles. The van der Waals surface area contributed by atoms with Gasteiger partial charge >= 0.3 is 0 Å². The van der Waals surface area contributed by atoms with Gasteiger partial charge in [-0.15, -0.1) is 0 Å². The summed E-state index contributed by atoms with van der Waals surface area (Å²) in [5, 5.41) is 0. The predicted molar refractivity (Wildman–Crippen MR) is 74.5 cm³/mol. The summed E-state index contributed by atoms with van der Waals surface area (Å²) in [4.78, 5) is 14.3. The maximum Gasteiger partial charge on any atom is 0.228 e. The van der Waals surface area contributed by atoms with Crippen molar-refractivity contribution in [1.29, 1.82) is 0 Å². The first-order chi connectivity index (χ1) is 9.31. The molecule has 0 radical (unpaired) electrons. The van der Waals surface area contributed by atoms with E-state index in [9.17, 15) is 4.79 Å². The van der Waals surface area contributed by atoms with E-state index in [2.05, 4.69) is 0 Å². The lowest BCUT2D eigenvalue weighted by atomic mass is 10.0. The van der Waals surface area contributed by atoms with Crippen molar-refractivity contribution in [3.05, 3.63) is 35.9 Å². The number of rotatable bonds is 5. The Bertz CT molecular complexity index is 388. The summed E-state index contributed by atoms with van der Waals surface area (Å²) < 4.78 is 5.40. The van der Waals surface area contributed by atoms with E-state index in [1.165, 1.54) is 0 Å². The van der Waals surface area contributed by atoms with Crippen molar-refractivity contribution in [2.45, 2.75) is 19.4 Å². The van der Waals surface area contributed by atoms with Crippen LogP contribution in [0.3, 0.4) is 0 Å². The van der Waals surface area contributed by atoms with E-state index >= 15 is 0 Å². The van der Waals surface area contributed by atoms with Gasteiger partial charge in [-0.2, -0.15) is 0 Å². The lowest BCUT2D eigenvalue weighted by Crippen LogP contribution is -2.41. The monoisotopic (exact) mass is 262 g/mol. The summed E-state index contributed by atoms with van der Waals surface area (Å²) in [5.74, 6) is 0.179. The Labute approximate surface area is 114 Å². The van der Waals surface area contributed by atoms with Crippen molar-refractivity contribution < 1.29 is 9.53 Å². The van der Waals surface area contributed by atoms with Crippen LogP contribution in [0.5, 0.6) is 0 Å². The minimum Gasteiger partial charge on any atom is -0.381 e. The highest BCUT2D eigenvalue weighted by molar-refractivity contribution is 5.79. The van der Waals surface area contributed by atoms with Crippen LogP contribution in [0.4, 0.5) is 0 Å². The number of carbonyl (C=O) groups excluding carboxylic acids is 1. The third kappa shape index (κ3) is 4.04. The minimum absolute atomic E-state index is 0.00372. The third-order valence-corrected chi connectivity index (χ3v) is 3.44. The molecule has 19 heavy (non-hydrogen) atoms. The molecule has 104 valence electrons. The molecule has 0 aliphatic carbocycles. The van der Waals surface area contributed by atoms with Crippen molar-refractivity contribution >= 4 is 5.91 Å². The van der Waals surface area contributed by atoms with E-state index in [-0.39, 0.29) is 11.8 Å². The quantitative estimate of drug-likeness (QED) is 0.872. The van der Waals surface area contributed by atoms with Gasteiger partial charge in [0, 0.05) is 26.2 Å². The lowest BCUT2D eigenvalue weighted by Gasteiger charge is -2.29. The van der Waals surface area contributed by atoms with Crippen molar-refractivity contribution in [2.75, 3.05) is 26.3 Å². The standard InChI is InChI=1S/C15H22N2O2/c16-8-9-17(11-13-5-2-1-3-6-13)15(18)14-7-4-10-19-12-14/h1-3,5-6,14H,4,7-12,16H2. The van der Waals surface area contributed by atoms with E-state index in [0.717, 1.165) is 25.0 Å². The fraction of sp³-hybridized carbons (Fsp3) is 0.533. The zero-order valence-electron chi connectivity index (χ0n) is 11.3. The normalized spacial score (nSPS) is 19.1. The molecule has 0 aromatic heterocycles. The van der Waals surface area contributed by atoms with Crippen LogP contribution in [0.25, 0.3) is 0 Å². The first kappa shape index (κ1) is 14.0. The fourth-order valence-electron chi connectivity index (χ4n) is 2.42. The molecule has 1 unspecified atom stereocenters. The number of benzene rings is 1. The number of nitrogens with two attached hydrogens (primary N) is 1. The molecular weight excluding hydrogens is 240 g/mol. The van der Waals surface area contributed by atoms with Crippen LogP contribution in [0.15, 0.2) is 30.3 Å². The predicted octanol–water partition coefficient (Wildman–Crippen LogP) is 1.40. The Morgan fingerprint density at radius 2 is 2.16 bits per heavy atom. The Hall–Kier alpha value is -1.39. The summed E-state index contributed by atoms with van der Waals surface area (Å²) >= 11 is 0. The van der Waals surface area contributed by atoms with Crippen molar-refractivity contribution in [2.24, 2.45) is 11.7 Å². The van der Waals surface area contributed by atoms with Gasteiger partial charge in [-0.05, 0) is 18.4 Å². The van der Waals surface area contributed by atoms with Gasteiger partial charge in [0.2, 0.25) is 5.91 Å². The van der Waals surface area contributed by atoms with Gasteiger partial charge in [0.1, 0.15) is 0 Å². The molecule has 4 nitrogen and oxygen atoms in total. The van der Waals surface area contributed by atoms with E-state index in [1.54, 1.807) is 0 Å². The van der Waals surface area contributed by atoms with Gasteiger partial charge in [-0.3, -0.25) is 4.79 Å². The van der Waals surface area contributed by atoms with Crippen LogP contribution in [0.1, 0.15) is 18.4 Å². The number of ether oxygens (including phenoxy) is 1. The second kappa shape index (κ2) is 7.26. The van der Waals surface area contributed by atoms with Crippen LogP contribution >= 0.6 is 0 Å². The number of nitrogens with zero attached hydrogens (tertiary/aromatic N) is 1. The van der Waals surface area contributed by atoms with Crippen LogP contribution in [0, 0.1) is 5.92 Å². The number of carbonyl (C=O) groups is 1. The molecule has 1 heterocycles. The van der Waals surface area contributed by atoms with Gasteiger partial charge in [0.15, 0.2) is 0 Å². The van der Waals surface area contributed by atoms with Crippen LogP contribution < -0.4 is 5.73 Å². The molecule has 1 amide bonds. The molecule has 1 aromatic rings. The SMILES string of the molecule is NCCN(Cc1ccccc1)C(=O)C1CCCOC1. The average molecular weight is 262 g/mol. The van der Waals surface area contributed by atoms with Crippen LogP contribution in [-0.2, 0) is 16.1 Å². The molecule has 1 fully saturated rings. The summed E-state index contributed by atoms with van der Waals surface area (Å²) in [6, 6.07) is 10.0. The molecule has 1 aliphatic heterocycles. The summed E-state index contributed by atoms with van der Waals surface area (Å²) in [6.07, 6.45) is 1.90. The van der Waals surface area contributed by atoms with Gasteiger partial charge < -0.3 is 15.4 Å². The van der Waals surface area contributed by atoms with Gasteiger partial charge in [0.05, 0.1) is 12.5 Å². The van der Waals surface area contributed by atoms with Crippen molar-refractivity contribution in [3.63, 3.8) is 0 Å². The minimum atomic E-state index is 0.00372. The van der Waals surface area contributed by atoms with Crippen molar-refractivity contribution in [1.82, 2.24) is 4.90 Å². The zero-order valence-corrected chi connectivity index (χ0v) is 11.3. The molecule has 0 spiro atoms. The van der Waals surface area contributed by atoms with E-state index < -0.39 is 0 Å². The Morgan fingerprint density at radius 1 is 1.37 bits per heavy atom. The molecule has 1 aromatic carbocycles. The van der Waals surface area contributed by atoms with E-state index in [1.807, 2.05) is 35.2 Å². The third-order valence-electron chi connectivity index (χ3n) is 3.44. The van der Waals surface area contributed by atoms with E-state index in [4.69, 9.17) is 10.5 Å². The maximum atomic E-state index is 12.5. The average Bonchev–Trinajstić information content (AvgIpc) is 2.48. The fourth-order valence-corrected chi connectivity index (χ4v) is 2.42. The molecule has 1 aliphatic rings. The molecule has 0 saturated carbocycles. The number of hydrogen-bond donors (Lipinski definition) is 1. The Morgan fingerprint density at radius 3 is 2.79 bits per heavy atom. The topological polar surface area (TPSA) is 55.6 Å². The first-order valence-corrected chi connectivity index (χ1v) is 6.92. The van der Waals surface area contributed by atoms with Gasteiger partial charge in [-0.1, -0.05) is 30.3 Å². The molecule has 0 bridgehead atoms. The van der Waals surface area contributed by atoms with Gasteiger partial charge in [0.25, 0.3) is 0 Å². The molecule has 1 atom stereocenters. The first-order valence-electron chi connectivity index (χ1n) is 6.92. The Balaban J connectivity index is 2.00. The molecular formula is C15H22N2O2. The summed E-state index contributed by atoms with van der Waals surface area (Å²) in [5.41, 5.74) is 6.77. The van der Waals surface area contributed by atoms with Crippen molar-refractivity contribution in [3.8, 4) is 0 Å². The van der Waals surface area contributed by atoms with E-state index in [0.29, 0.717) is 26.2 Å². The Kier molecular flexibility index (Phi) is 5.36. The zero-order chi connectivity index (χ0) is 13.5. The van der Waals surface area contributed by atoms with Gasteiger partial charge in [-0.25, -0.2) is 0 Å². The largest absolute Gasteiger partial charge is 0.381 e. The maximum absolute atomic E-state index is 12.5. The highest BCUT2D eigenvalue weighted by Gasteiger charge is 2.26. The smallest absolute Gasteiger partial charge is 0.228 e. The molecule has 4 heteroatoms. The molecule has 2 N–H and O–H groups in total. The second-order valence-electron chi connectivity index (χ2n) is 4.95. The highest BCUT2D eigenvalue weighted by Crippen LogP contribution is 2.17. The summed E-state index contributed by atoms with van der Waals surface area (Å²) in [6.45, 7) is 3.05. The molecule has 2 rings (SSSR count). The summed E-state index contributed by atoms with van der Waals surface area (Å²) in [7, 11) is 0. The number of hydrogen-bond acceptors (Lipinski definition) is 3. The lowest BCUT2D eigenvalue weighted by molar-refractivity contribution is -0.140. The second-order valence-corrected chi connectivity index (χ2v) is 4.95. The van der Waals surface area contributed by atoms with Crippen LogP contribution in [-0.4, -0.2) is 37.1 Å².